The number of anilines is 1. The number of amides is 1. The summed E-state index contributed by atoms with van der Waals surface area (Å²) in [5.74, 6) is 0.235. The number of nitrogens with two attached hydrogens (primary N) is 1. The summed E-state index contributed by atoms with van der Waals surface area (Å²) in [7, 11) is 1.80. The lowest BCUT2D eigenvalue weighted by Gasteiger charge is -2.07. The number of fused-ring (bicyclic) bond motifs is 1. The fourth-order valence-electron chi connectivity index (χ4n) is 2.80. The smallest absolute Gasteiger partial charge is 0.252 e. The summed E-state index contributed by atoms with van der Waals surface area (Å²) in [5, 5.41) is 11.9. The van der Waals surface area contributed by atoms with Crippen LogP contribution >= 0.6 is 0 Å². The fourth-order valence-corrected chi connectivity index (χ4v) is 2.80. The summed E-state index contributed by atoms with van der Waals surface area (Å²) in [6.07, 6.45) is 3.38. The molecule has 4 aromatic rings. The van der Waals surface area contributed by atoms with E-state index >= 15 is 0 Å². The molecule has 3 N–H and O–H groups in total. The molecule has 0 aliphatic carbocycles. The molecular formula is C18H16N6O. The van der Waals surface area contributed by atoms with Gasteiger partial charge in [0.25, 0.3) is 5.91 Å². The first-order valence-electron chi connectivity index (χ1n) is 7.78. The van der Waals surface area contributed by atoms with Gasteiger partial charge in [-0.2, -0.15) is 10.2 Å². The van der Waals surface area contributed by atoms with E-state index in [-0.39, 0.29) is 0 Å². The molecule has 7 nitrogen and oxygen atoms in total. The maximum Gasteiger partial charge on any atom is 0.252 e. The first kappa shape index (κ1) is 14.9. The number of nitrogens with one attached hydrogen (secondary N) is 1. The quantitative estimate of drug-likeness (QED) is 0.600. The highest BCUT2D eigenvalue weighted by molar-refractivity contribution is 6.00. The average Bonchev–Trinajstić information content (AvgIpc) is 3.28. The monoisotopic (exact) mass is 332 g/mol. The van der Waals surface area contributed by atoms with E-state index in [0.29, 0.717) is 11.1 Å². The van der Waals surface area contributed by atoms with E-state index in [1.165, 1.54) is 6.20 Å². The van der Waals surface area contributed by atoms with Crippen LogP contribution in [0.25, 0.3) is 22.5 Å². The van der Waals surface area contributed by atoms with Gasteiger partial charge in [-0.15, -0.1) is 0 Å². The van der Waals surface area contributed by atoms with Gasteiger partial charge < -0.3 is 11.1 Å². The van der Waals surface area contributed by atoms with Crippen molar-refractivity contribution in [1.82, 2.24) is 19.4 Å². The standard InChI is InChI=1S/C18H16N6O/c1-20-17-10-12(9-16-14(18(19)25)11-21-24(16)17)15-7-8-23(22-15)13-5-3-2-4-6-13/h2-11,20H,1H3,(H2,19,25). The summed E-state index contributed by atoms with van der Waals surface area (Å²) in [6.45, 7) is 0. The predicted octanol–water partition coefficient (Wildman–Crippen LogP) is 2.33. The molecule has 0 atom stereocenters. The van der Waals surface area contributed by atoms with Crippen LogP contribution in [-0.4, -0.2) is 32.3 Å². The SMILES string of the molecule is CNc1cc(-c2ccn(-c3ccccc3)n2)cc2c(C(N)=O)cnn12. The molecular weight excluding hydrogens is 316 g/mol. The molecule has 7 heteroatoms. The number of para-hydroxylation sites is 1. The molecule has 0 aliphatic heterocycles. The van der Waals surface area contributed by atoms with Crippen LogP contribution in [-0.2, 0) is 0 Å². The van der Waals surface area contributed by atoms with Gasteiger partial charge in [0.1, 0.15) is 5.82 Å². The zero-order chi connectivity index (χ0) is 17.4. The third kappa shape index (κ3) is 2.51. The van der Waals surface area contributed by atoms with Crippen LogP contribution in [0.2, 0.25) is 0 Å². The summed E-state index contributed by atoms with van der Waals surface area (Å²) in [6, 6.07) is 15.6. The fraction of sp³-hybridized carbons (Fsp3) is 0.0556. The molecule has 3 heterocycles. The van der Waals surface area contributed by atoms with Crippen LogP contribution < -0.4 is 11.1 Å². The Morgan fingerprint density at radius 3 is 2.68 bits per heavy atom. The van der Waals surface area contributed by atoms with Gasteiger partial charge in [-0.3, -0.25) is 4.79 Å². The van der Waals surface area contributed by atoms with E-state index in [1.54, 1.807) is 11.6 Å². The molecule has 0 fully saturated rings. The number of primary amides is 1. The van der Waals surface area contributed by atoms with Crippen LogP contribution in [0.1, 0.15) is 10.4 Å². The minimum atomic E-state index is -0.510. The third-order valence-electron chi connectivity index (χ3n) is 4.05. The molecule has 0 spiro atoms. The highest BCUT2D eigenvalue weighted by atomic mass is 16.1. The van der Waals surface area contributed by atoms with Crippen molar-refractivity contribution in [1.29, 1.82) is 0 Å². The van der Waals surface area contributed by atoms with Crippen molar-refractivity contribution in [2.24, 2.45) is 5.73 Å². The zero-order valence-electron chi connectivity index (χ0n) is 13.5. The first-order valence-corrected chi connectivity index (χ1v) is 7.78. The van der Waals surface area contributed by atoms with Crippen LogP contribution in [0.5, 0.6) is 0 Å². The van der Waals surface area contributed by atoms with Crippen LogP contribution in [0.15, 0.2) is 60.9 Å². The minimum Gasteiger partial charge on any atom is -0.373 e. The Bertz CT molecular complexity index is 1060. The topological polar surface area (TPSA) is 90.2 Å². The Balaban J connectivity index is 1.85. The normalized spacial score (nSPS) is 10.9. The zero-order valence-corrected chi connectivity index (χ0v) is 13.5. The molecule has 4 rings (SSSR count). The molecule has 0 aliphatic rings. The van der Waals surface area contributed by atoms with Gasteiger partial charge in [-0.25, -0.2) is 9.20 Å². The van der Waals surface area contributed by atoms with Gasteiger partial charge >= 0.3 is 0 Å². The lowest BCUT2D eigenvalue weighted by Crippen LogP contribution is -2.10. The first-order chi connectivity index (χ1) is 12.2. The average molecular weight is 332 g/mol. The molecule has 3 aromatic heterocycles. The highest BCUT2D eigenvalue weighted by Crippen LogP contribution is 2.26. The van der Waals surface area contributed by atoms with Crippen molar-refractivity contribution >= 4 is 17.2 Å². The van der Waals surface area contributed by atoms with E-state index < -0.39 is 5.91 Å². The number of hydrogen-bond acceptors (Lipinski definition) is 4. The van der Waals surface area contributed by atoms with Crippen molar-refractivity contribution in [3.05, 3.63) is 66.5 Å². The highest BCUT2D eigenvalue weighted by Gasteiger charge is 2.14. The Morgan fingerprint density at radius 2 is 1.96 bits per heavy atom. The van der Waals surface area contributed by atoms with E-state index in [1.807, 2.05) is 59.4 Å². The van der Waals surface area contributed by atoms with Gasteiger partial charge in [0.2, 0.25) is 0 Å². The summed E-state index contributed by atoms with van der Waals surface area (Å²) in [4.78, 5) is 11.6. The molecule has 0 saturated heterocycles. The molecule has 124 valence electrons. The molecule has 0 radical (unpaired) electrons. The molecule has 0 unspecified atom stereocenters. The van der Waals surface area contributed by atoms with Gasteiger partial charge in [0.05, 0.1) is 28.7 Å². The number of pyridine rings is 1. The Kier molecular flexibility index (Phi) is 3.46. The number of rotatable bonds is 4. The van der Waals surface area contributed by atoms with Crippen molar-refractivity contribution in [3.8, 4) is 16.9 Å². The second kappa shape index (κ2) is 5.79. The van der Waals surface area contributed by atoms with E-state index in [9.17, 15) is 4.79 Å². The summed E-state index contributed by atoms with van der Waals surface area (Å²) in [5.41, 5.74) is 9.11. The predicted molar refractivity (Wildman–Crippen MR) is 95.8 cm³/mol. The lowest BCUT2D eigenvalue weighted by molar-refractivity contribution is 0.100. The number of carbonyl (C=O) groups excluding carboxylic acids is 1. The minimum absolute atomic E-state index is 0.376. The van der Waals surface area contributed by atoms with Crippen LogP contribution in [0.3, 0.4) is 0 Å². The second-order valence-electron chi connectivity index (χ2n) is 5.58. The molecule has 1 amide bonds. The van der Waals surface area contributed by atoms with Gasteiger partial charge in [0, 0.05) is 18.8 Å². The molecule has 0 bridgehead atoms. The van der Waals surface area contributed by atoms with E-state index in [4.69, 9.17) is 5.73 Å². The number of carbonyl (C=O) groups is 1. The van der Waals surface area contributed by atoms with Crippen molar-refractivity contribution in [2.45, 2.75) is 0 Å². The van der Waals surface area contributed by atoms with Gasteiger partial charge in [-0.05, 0) is 30.3 Å². The van der Waals surface area contributed by atoms with Crippen molar-refractivity contribution in [2.75, 3.05) is 12.4 Å². The van der Waals surface area contributed by atoms with Gasteiger partial charge in [0.15, 0.2) is 0 Å². The molecule has 1 aromatic carbocycles. The van der Waals surface area contributed by atoms with Gasteiger partial charge in [-0.1, -0.05) is 18.2 Å². The number of nitrogens with zero attached hydrogens (tertiary/aromatic N) is 4. The molecule has 25 heavy (non-hydrogen) atoms. The van der Waals surface area contributed by atoms with E-state index in [0.717, 1.165) is 22.8 Å². The summed E-state index contributed by atoms with van der Waals surface area (Å²) < 4.78 is 3.46. The van der Waals surface area contributed by atoms with Crippen LogP contribution in [0.4, 0.5) is 5.82 Å². The second-order valence-corrected chi connectivity index (χ2v) is 5.58. The Morgan fingerprint density at radius 1 is 1.16 bits per heavy atom. The Labute approximate surface area is 143 Å². The number of benzene rings is 1. The largest absolute Gasteiger partial charge is 0.373 e. The van der Waals surface area contributed by atoms with E-state index in [2.05, 4.69) is 15.5 Å². The Hall–Kier alpha value is -3.61. The van der Waals surface area contributed by atoms with Crippen LogP contribution in [0, 0.1) is 0 Å². The number of hydrogen-bond donors (Lipinski definition) is 2. The summed E-state index contributed by atoms with van der Waals surface area (Å²) >= 11 is 0. The molecule has 0 saturated carbocycles. The lowest BCUT2D eigenvalue weighted by atomic mass is 10.1. The van der Waals surface area contributed by atoms with Crippen molar-refractivity contribution < 1.29 is 4.79 Å². The maximum atomic E-state index is 11.6. The van der Waals surface area contributed by atoms with Crippen molar-refractivity contribution in [3.63, 3.8) is 0 Å². The maximum absolute atomic E-state index is 11.6. The number of aromatic nitrogens is 4. The third-order valence-corrected chi connectivity index (χ3v) is 4.05.